The second kappa shape index (κ2) is 12.7. The Labute approximate surface area is 223 Å². The number of nitrogens with one attached hydrogen (secondary N) is 2. The quantitative estimate of drug-likeness (QED) is 0.432. The summed E-state index contributed by atoms with van der Waals surface area (Å²) >= 11 is 1.05. The van der Waals surface area contributed by atoms with E-state index in [9.17, 15) is 24.0 Å². The Hall–Kier alpha value is -4.43. The topological polar surface area (TPSA) is 110 Å². The highest BCUT2D eigenvalue weighted by atomic mass is 32.1. The summed E-state index contributed by atoms with van der Waals surface area (Å²) in [5.41, 5.74) is 1.12. The number of hydrogen-bond donors (Lipinski definition) is 2. The highest BCUT2D eigenvalue weighted by molar-refractivity contribution is 7.07. The standard InChI is InChI=1S/C27H29FN6O3S/c1-5-30-25(36)20(15-29)27-34(6-2)26(37)23(38-27)16-31-18-10-9-11-19(14-18)33(4)24(35)17-32(3)22-13-8-7-12-21(22)28/h7-14,16,31H,5-6,17H2,1-4H3,(H,30,36)/b23-16+,27-20-. The molecule has 3 rings (SSSR count). The van der Waals surface area contributed by atoms with Gasteiger partial charge in [0.15, 0.2) is 5.57 Å². The lowest BCUT2D eigenvalue weighted by Crippen LogP contribution is -2.37. The molecule has 11 heteroatoms. The molecule has 0 saturated carbocycles. The van der Waals surface area contributed by atoms with Crippen molar-refractivity contribution in [1.82, 2.24) is 9.88 Å². The molecule has 0 bridgehead atoms. The number of likely N-dealkylation sites (N-methyl/N-ethyl adjacent to an activating group) is 2. The van der Waals surface area contributed by atoms with Crippen LogP contribution in [0.25, 0.3) is 11.8 Å². The van der Waals surface area contributed by atoms with E-state index >= 15 is 0 Å². The van der Waals surface area contributed by atoms with Gasteiger partial charge in [-0.3, -0.25) is 19.0 Å². The van der Waals surface area contributed by atoms with E-state index < -0.39 is 11.7 Å². The third-order valence-corrected chi connectivity index (χ3v) is 6.86. The third kappa shape index (κ3) is 6.27. The Morgan fingerprint density at radius 2 is 1.89 bits per heavy atom. The van der Waals surface area contributed by atoms with Crippen LogP contribution >= 0.6 is 11.3 Å². The lowest BCUT2D eigenvalue weighted by molar-refractivity contribution is -0.117. The SMILES string of the molecule is CCNC(=O)/C(C#N)=c1\s/c(=C/Nc2cccc(N(C)C(=O)CN(C)c3ccccc3F)c2)c(=O)n1CC. The molecule has 0 aliphatic rings. The number of rotatable bonds is 9. The van der Waals surface area contributed by atoms with Crippen LogP contribution in [-0.4, -0.2) is 43.6 Å². The van der Waals surface area contributed by atoms with Crippen molar-refractivity contribution in [2.24, 2.45) is 0 Å². The molecular formula is C27H29FN6O3S. The van der Waals surface area contributed by atoms with E-state index in [1.165, 1.54) is 21.7 Å². The fraction of sp³-hybridized carbons (Fsp3) is 0.259. The maximum Gasteiger partial charge on any atom is 0.270 e. The number of halogens is 1. The number of hydrogen-bond acceptors (Lipinski definition) is 7. The van der Waals surface area contributed by atoms with Gasteiger partial charge in [0.25, 0.3) is 11.5 Å². The summed E-state index contributed by atoms with van der Waals surface area (Å²) in [6.45, 7) is 4.14. The van der Waals surface area contributed by atoms with Crippen LogP contribution in [0.1, 0.15) is 13.8 Å². The first-order chi connectivity index (χ1) is 18.2. The Bertz CT molecular complexity index is 1560. The first kappa shape index (κ1) is 28.1. The highest BCUT2D eigenvalue weighted by Crippen LogP contribution is 2.20. The summed E-state index contributed by atoms with van der Waals surface area (Å²) < 4.78 is 16.1. The van der Waals surface area contributed by atoms with Crippen LogP contribution in [-0.2, 0) is 16.1 Å². The number of amides is 2. The van der Waals surface area contributed by atoms with E-state index in [0.717, 1.165) is 11.3 Å². The summed E-state index contributed by atoms with van der Waals surface area (Å²) in [6.07, 6.45) is 1.52. The average Bonchev–Trinajstić information content (AvgIpc) is 3.22. The number of para-hydroxylation sites is 1. The molecule has 0 unspecified atom stereocenters. The van der Waals surface area contributed by atoms with Crippen LogP contribution in [0.3, 0.4) is 0 Å². The Morgan fingerprint density at radius 3 is 2.55 bits per heavy atom. The molecular weight excluding hydrogens is 507 g/mol. The molecule has 38 heavy (non-hydrogen) atoms. The molecule has 0 aliphatic heterocycles. The number of nitriles is 1. The Morgan fingerprint density at radius 1 is 1.16 bits per heavy atom. The van der Waals surface area contributed by atoms with Crippen LogP contribution < -0.4 is 35.2 Å². The van der Waals surface area contributed by atoms with Crippen molar-refractivity contribution in [2.45, 2.75) is 20.4 Å². The van der Waals surface area contributed by atoms with E-state index in [2.05, 4.69) is 10.6 Å². The van der Waals surface area contributed by atoms with E-state index in [1.54, 1.807) is 75.3 Å². The first-order valence-electron chi connectivity index (χ1n) is 11.9. The zero-order valence-electron chi connectivity index (χ0n) is 21.6. The molecule has 0 spiro atoms. The molecule has 1 heterocycles. The van der Waals surface area contributed by atoms with Crippen molar-refractivity contribution >= 4 is 52.0 Å². The van der Waals surface area contributed by atoms with Gasteiger partial charge < -0.3 is 20.4 Å². The molecule has 0 fully saturated rings. The molecule has 9 nitrogen and oxygen atoms in total. The number of anilines is 3. The van der Waals surface area contributed by atoms with Gasteiger partial charge in [0.1, 0.15) is 21.1 Å². The summed E-state index contributed by atoms with van der Waals surface area (Å²) in [7, 11) is 3.28. The minimum absolute atomic E-state index is 0.0287. The molecule has 0 atom stereocenters. The van der Waals surface area contributed by atoms with Gasteiger partial charge in [-0.05, 0) is 44.2 Å². The van der Waals surface area contributed by atoms with Gasteiger partial charge in [-0.1, -0.05) is 18.2 Å². The molecule has 1 aromatic heterocycles. The van der Waals surface area contributed by atoms with E-state index in [4.69, 9.17) is 0 Å². The molecule has 0 saturated heterocycles. The normalized spacial score (nSPS) is 11.9. The number of carbonyl (C=O) groups is 2. The van der Waals surface area contributed by atoms with E-state index in [-0.39, 0.29) is 28.2 Å². The molecule has 3 aromatic rings. The summed E-state index contributed by atoms with van der Waals surface area (Å²) in [6, 6.07) is 15.2. The second-order valence-corrected chi connectivity index (χ2v) is 9.30. The molecule has 2 amide bonds. The predicted octanol–water partition coefficient (Wildman–Crippen LogP) is 1.83. The van der Waals surface area contributed by atoms with Crippen LogP contribution in [0.5, 0.6) is 0 Å². The largest absolute Gasteiger partial charge is 0.363 e. The Kier molecular flexibility index (Phi) is 9.40. The van der Waals surface area contributed by atoms with Gasteiger partial charge in [0, 0.05) is 44.8 Å². The van der Waals surface area contributed by atoms with Crippen molar-refractivity contribution in [3.8, 4) is 6.07 Å². The maximum absolute atomic E-state index is 14.1. The minimum Gasteiger partial charge on any atom is -0.363 e. The van der Waals surface area contributed by atoms with Crippen molar-refractivity contribution in [3.63, 3.8) is 0 Å². The molecule has 0 aliphatic carbocycles. The van der Waals surface area contributed by atoms with Gasteiger partial charge in [0.05, 0.1) is 12.2 Å². The fourth-order valence-corrected chi connectivity index (χ4v) is 4.78. The average molecular weight is 537 g/mol. The van der Waals surface area contributed by atoms with Gasteiger partial charge in [-0.25, -0.2) is 4.39 Å². The smallest absolute Gasteiger partial charge is 0.270 e. The van der Waals surface area contributed by atoms with Crippen molar-refractivity contribution in [1.29, 1.82) is 5.26 Å². The summed E-state index contributed by atoms with van der Waals surface area (Å²) in [5.74, 6) is -1.17. The predicted molar refractivity (Wildman–Crippen MR) is 149 cm³/mol. The van der Waals surface area contributed by atoms with Gasteiger partial charge >= 0.3 is 0 Å². The monoisotopic (exact) mass is 536 g/mol. The van der Waals surface area contributed by atoms with Crippen molar-refractivity contribution in [3.05, 3.63) is 73.9 Å². The van der Waals surface area contributed by atoms with Crippen molar-refractivity contribution < 1.29 is 14.0 Å². The van der Waals surface area contributed by atoms with Crippen molar-refractivity contribution in [2.75, 3.05) is 42.3 Å². The van der Waals surface area contributed by atoms with Crippen LogP contribution in [0.2, 0.25) is 0 Å². The molecule has 0 radical (unpaired) electrons. The zero-order chi connectivity index (χ0) is 27.8. The molecule has 198 valence electrons. The molecule has 2 aromatic carbocycles. The Balaban J connectivity index is 1.85. The van der Waals surface area contributed by atoms with Crippen LogP contribution in [0.4, 0.5) is 21.5 Å². The van der Waals surface area contributed by atoms with Crippen LogP contribution in [0.15, 0.2) is 53.3 Å². The third-order valence-electron chi connectivity index (χ3n) is 5.73. The lowest BCUT2D eigenvalue weighted by Gasteiger charge is -2.24. The molecule has 2 N–H and O–H groups in total. The number of benzene rings is 2. The number of nitrogens with zero attached hydrogens (tertiary/aromatic N) is 4. The van der Waals surface area contributed by atoms with Gasteiger partial charge in [-0.2, -0.15) is 5.26 Å². The number of aromatic nitrogens is 1. The van der Waals surface area contributed by atoms with E-state index in [1.807, 2.05) is 6.07 Å². The second-order valence-electron chi connectivity index (χ2n) is 8.27. The maximum atomic E-state index is 14.1. The minimum atomic E-state index is -0.529. The van der Waals surface area contributed by atoms with E-state index in [0.29, 0.717) is 34.7 Å². The number of thiazole rings is 1. The van der Waals surface area contributed by atoms with Gasteiger partial charge in [0.2, 0.25) is 5.91 Å². The first-order valence-corrected chi connectivity index (χ1v) is 12.7. The fourth-order valence-electron chi connectivity index (χ4n) is 3.69. The van der Waals surface area contributed by atoms with Crippen LogP contribution in [0, 0.1) is 17.1 Å². The zero-order valence-corrected chi connectivity index (χ0v) is 22.4. The number of carbonyl (C=O) groups excluding carboxylic acids is 2. The highest BCUT2D eigenvalue weighted by Gasteiger charge is 2.17. The lowest BCUT2D eigenvalue weighted by atomic mass is 10.2. The van der Waals surface area contributed by atoms with Gasteiger partial charge in [-0.15, -0.1) is 11.3 Å². The summed E-state index contributed by atoms with van der Waals surface area (Å²) in [4.78, 5) is 41.1. The summed E-state index contributed by atoms with van der Waals surface area (Å²) in [5, 5.41) is 15.2.